The van der Waals surface area contributed by atoms with Crippen LogP contribution in [0.5, 0.6) is 0 Å². The van der Waals surface area contributed by atoms with E-state index in [9.17, 15) is 0 Å². The van der Waals surface area contributed by atoms with Crippen LogP contribution in [0.4, 0.5) is 0 Å². The molecular formula is C11H19NOS. The molecule has 0 aliphatic carbocycles. The minimum Gasteiger partial charge on any atom is -0.469 e. The van der Waals surface area contributed by atoms with E-state index in [1.165, 1.54) is 5.75 Å². The number of thioether (sulfide) groups is 1. The van der Waals surface area contributed by atoms with Gasteiger partial charge in [-0.15, -0.1) is 0 Å². The van der Waals surface area contributed by atoms with Crippen molar-refractivity contribution in [3.8, 4) is 0 Å². The van der Waals surface area contributed by atoms with Crippen LogP contribution in [-0.2, 0) is 6.42 Å². The summed E-state index contributed by atoms with van der Waals surface area (Å²) in [5.74, 6) is 3.41. The molecule has 0 saturated heterocycles. The molecule has 3 heteroatoms. The van der Waals surface area contributed by atoms with E-state index in [0.29, 0.717) is 6.04 Å². The Morgan fingerprint density at radius 3 is 2.93 bits per heavy atom. The van der Waals surface area contributed by atoms with Crippen LogP contribution in [0.2, 0.25) is 0 Å². The molecule has 0 bridgehead atoms. The normalized spacial score (nSPS) is 13.0. The van der Waals surface area contributed by atoms with E-state index in [0.717, 1.165) is 24.5 Å². The SMILES string of the molecule is CCNC(CSCC)Cc1ccco1. The predicted octanol–water partition coefficient (Wildman–Crippen LogP) is 2.55. The van der Waals surface area contributed by atoms with Crippen molar-refractivity contribution in [2.45, 2.75) is 26.3 Å². The lowest BCUT2D eigenvalue weighted by atomic mass is 10.2. The van der Waals surface area contributed by atoms with Gasteiger partial charge in [0.05, 0.1) is 6.26 Å². The van der Waals surface area contributed by atoms with Crippen LogP contribution in [0.3, 0.4) is 0 Å². The molecule has 1 N–H and O–H groups in total. The first-order chi connectivity index (χ1) is 6.86. The van der Waals surface area contributed by atoms with Crippen molar-refractivity contribution in [2.24, 2.45) is 0 Å². The third kappa shape index (κ3) is 4.20. The van der Waals surface area contributed by atoms with E-state index in [1.807, 2.05) is 23.9 Å². The summed E-state index contributed by atoms with van der Waals surface area (Å²) in [5.41, 5.74) is 0. The minimum absolute atomic E-state index is 0.538. The molecule has 1 rings (SSSR count). The third-order valence-corrected chi connectivity index (χ3v) is 3.09. The highest BCUT2D eigenvalue weighted by Crippen LogP contribution is 2.09. The zero-order valence-corrected chi connectivity index (χ0v) is 9.77. The van der Waals surface area contributed by atoms with Gasteiger partial charge in [-0.3, -0.25) is 0 Å². The van der Waals surface area contributed by atoms with Crippen molar-refractivity contribution in [2.75, 3.05) is 18.1 Å². The quantitative estimate of drug-likeness (QED) is 0.753. The maximum atomic E-state index is 5.34. The molecule has 80 valence electrons. The highest BCUT2D eigenvalue weighted by Gasteiger charge is 2.09. The first-order valence-electron chi connectivity index (χ1n) is 5.20. The maximum Gasteiger partial charge on any atom is 0.105 e. The highest BCUT2D eigenvalue weighted by molar-refractivity contribution is 7.99. The van der Waals surface area contributed by atoms with Crippen molar-refractivity contribution >= 4 is 11.8 Å². The summed E-state index contributed by atoms with van der Waals surface area (Å²) >= 11 is 1.97. The van der Waals surface area contributed by atoms with Crippen LogP contribution < -0.4 is 5.32 Å². The molecule has 1 unspecified atom stereocenters. The van der Waals surface area contributed by atoms with Crippen molar-refractivity contribution in [1.82, 2.24) is 5.32 Å². The Kier molecular flexibility index (Phi) is 5.80. The molecule has 1 heterocycles. The van der Waals surface area contributed by atoms with Gasteiger partial charge in [-0.05, 0) is 24.4 Å². The van der Waals surface area contributed by atoms with Crippen LogP contribution in [-0.4, -0.2) is 24.1 Å². The second-order valence-electron chi connectivity index (χ2n) is 3.20. The number of likely N-dealkylation sites (N-methyl/N-ethyl adjacent to an activating group) is 1. The smallest absolute Gasteiger partial charge is 0.105 e. The van der Waals surface area contributed by atoms with Crippen LogP contribution in [0, 0.1) is 0 Å². The second-order valence-corrected chi connectivity index (χ2v) is 4.52. The van der Waals surface area contributed by atoms with Gasteiger partial charge in [-0.2, -0.15) is 11.8 Å². The Labute approximate surface area is 90.5 Å². The fourth-order valence-electron chi connectivity index (χ4n) is 1.41. The van der Waals surface area contributed by atoms with Crippen molar-refractivity contribution < 1.29 is 4.42 Å². The molecule has 14 heavy (non-hydrogen) atoms. The van der Waals surface area contributed by atoms with Gasteiger partial charge in [-0.25, -0.2) is 0 Å². The zero-order chi connectivity index (χ0) is 10.2. The van der Waals surface area contributed by atoms with Gasteiger partial charge >= 0.3 is 0 Å². The minimum atomic E-state index is 0.538. The Morgan fingerprint density at radius 1 is 1.50 bits per heavy atom. The van der Waals surface area contributed by atoms with E-state index >= 15 is 0 Å². The molecule has 0 saturated carbocycles. The Hall–Kier alpha value is -0.410. The summed E-state index contributed by atoms with van der Waals surface area (Å²) in [5, 5.41) is 3.47. The zero-order valence-electron chi connectivity index (χ0n) is 8.95. The first-order valence-corrected chi connectivity index (χ1v) is 6.35. The van der Waals surface area contributed by atoms with Crippen molar-refractivity contribution in [1.29, 1.82) is 0 Å². The van der Waals surface area contributed by atoms with Gasteiger partial charge in [0.15, 0.2) is 0 Å². The third-order valence-electron chi connectivity index (χ3n) is 2.04. The number of hydrogen-bond donors (Lipinski definition) is 1. The van der Waals surface area contributed by atoms with E-state index in [4.69, 9.17) is 4.42 Å². The average molecular weight is 213 g/mol. The molecule has 0 spiro atoms. The lowest BCUT2D eigenvalue weighted by molar-refractivity contribution is 0.465. The summed E-state index contributed by atoms with van der Waals surface area (Å²) in [7, 11) is 0. The first kappa shape index (κ1) is 11.7. The second kappa shape index (κ2) is 6.96. The molecule has 1 aromatic rings. The van der Waals surface area contributed by atoms with Gasteiger partial charge < -0.3 is 9.73 Å². The lowest BCUT2D eigenvalue weighted by Gasteiger charge is -2.15. The van der Waals surface area contributed by atoms with Gasteiger partial charge in [0.2, 0.25) is 0 Å². The molecule has 1 aromatic heterocycles. The van der Waals surface area contributed by atoms with Gasteiger partial charge in [0, 0.05) is 18.2 Å². The number of furan rings is 1. The molecule has 0 aliphatic rings. The van der Waals surface area contributed by atoms with Crippen LogP contribution >= 0.6 is 11.8 Å². The monoisotopic (exact) mass is 213 g/mol. The molecule has 0 aromatic carbocycles. The Balaban J connectivity index is 2.34. The highest BCUT2D eigenvalue weighted by atomic mass is 32.2. The molecule has 0 radical (unpaired) electrons. The molecule has 2 nitrogen and oxygen atoms in total. The van der Waals surface area contributed by atoms with E-state index in [-0.39, 0.29) is 0 Å². The molecule has 0 fully saturated rings. The lowest BCUT2D eigenvalue weighted by Crippen LogP contribution is -2.33. The topological polar surface area (TPSA) is 25.2 Å². The Morgan fingerprint density at radius 2 is 2.36 bits per heavy atom. The molecule has 0 amide bonds. The van der Waals surface area contributed by atoms with Crippen molar-refractivity contribution in [3.63, 3.8) is 0 Å². The predicted molar refractivity (Wildman–Crippen MR) is 62.9 cm³/mol. The van der Waals surface area contributed by atoms with Gasteiger partial charge in [0.1, 0.15) is 5.76 Å². The van der Waals surface area contributed by atoms with Crippen LogP contribution in [0.15, 0.2) is 22.8 Å². The molecule has 0 aliphatic heterocycles. The average Bonchev–Trinajstić information content (AvgIpc) is 2.67. The van der Waals surface area contributed by atoms with E-state index in [2.05, 4.69) is 19.2 Å². The van der Waals surface area contributed by atoms with Gasteiger partial charge in [-0.1, -0.05) is 13.8 Å². The summed E-state index contributed by atoms with van der Waals surface area (Å²) < 4.78 is 5.34. The number of nitrogens with one attached hydrogen (secondary N) is 1. The van der Waals surface area contributed by atoms with E-state index < -0.39 is 0 Å². The Bertz CT molecular complexity index is 223. The summed E-state index contributed by atoms with van der Waals surface area (Å²) in [4.78, 5) is 0. The largest absolute Gasteiger partial charge is 0.469 e. The molecule has 1 atom stereocenters. The summed E-state index contributed by atoms with van der Waals surface area (Å²) in [6.45, 7) is 5.36. The number of rotatable bonds is 7. The summed E-state index contributed by atoms with van der Waals surface area (Å²) in [6, 6.07) is 4.53. The van der Waals surface area contributed by atoms with Crippen molar-refractivity contribution in [3.05, 3.63) is 24.2 Å². The number of hydrogen-bond acceptors (Lipinski definition) is 3. The van der Waals surface area contributed by atoms with E-state index in [1.54, 1.807) is 6.26 Å². The standard InChI is InChI=1S/C11H19NOS/c1-3-12-10(9-14-4-2)8-11-6-5-7-13-11/h5-7,10,12H,3-4,8-9H2,1-2H3. The fourth-order valence-corrected chi connectivity index (χ4v) is 2.17. The van der Waals surface area contributed by atoms with Crippen LogP contribution in [0.1, 0.15) is 19.6 Å². The maximum absolute atomic E-state index is 5.34. The molecular weight excluding hydrogens is 194 g/mol. The fraction of sp³-hybridized carbons (Fsp3) is 0.636. The summed E-state index contributed by atoms with van der Waals surface area (Å²) in [6.07, 6.45) is 2.74. The van der Waals surface area contributed by atoms with Gasteiger partial charge in [0.25, 0.3) is 0 Å². The van der Waals surface area contributed by atoms with Crippen LogP contribution in [0.25, 0.3) is 0 Å².